The van der Waals surface area contributed by atoms with Crippen LogP contribution in [0.1, 0.15) is 0 Å². The number of nitrogens with zero attached hydrogens (tertiary/aromatic N) is 1. The van der Waals surface area contributed by atoms with Gasteiger partial charge in [0.25, 0.3) is 0 Å². The first-order chi connectivity index (χ1) is 7.90. The van der Waals surface area contributed by atoms with E-state index in [0.29, 0.717) is 0 Å². The van der Waals surface area contributed by atoms with Crippen molar-refractivity contribution in [3.63, 3.8) is 0 Å². The Bertz CT molecular complexity index is 659. The fraction of sp³-hybridized carbons (Fsp3) is 0.0714. The van der Waals surface area contributed by atoms with Crippen LogP contribution in [0.25, 0.3) is 21.7 Å². The number of benzene rings is 2. The highest BCUT2D eigenvalue weighted by Gasteiger charge is 2.05. The van der Waals surface area contributed by atoms with E-state index >= 15 is 0 Å². The maximum Gasteiger partial charge on any atom is 0.134 e. The van der Waals surface area contributed by atoms with E-state index in [0.717, 1.165) is 11.3 Å². The molecule has 1 aromatic heterocycles. The molecule has 1 heterocycles. The summed E-state index contributed by atoms with van der Waals surface area (Å²) in [6.45, 7) is 0. The molecule has 0 saturated heterocycles. The van der Waals surface area contributed by atoms with Gasteiger partial charge in [0.1, 0.15) is 5.82 Å². The number of para-hydroxylation sites is 1. The third-order valence-corrected chi connectivity index (χ3v) is 2.85. The summed E-state index contributed by atoms with van der Waals surface area (Å²) in [6.07, 6.45) is 0. The Kier molecular flexibility index (Phi) is 2.00. The second-order valence-corrected chi connectivity index (χ2v) is 3.77. The van der Waals surface area contributed by atoms with Crippen LogP contribution in [0.3, 0.4) is 0 Å². The van der Waals surface area contributed by atoms with Gasteiger partial charge in [-0.2, -0.15) is 0 Å². The number of anilines is 1. The summed E-state index contributed by atoms with van der Waals surface area (Å²) in [5.41, 5.74) is 1.03. The molecule has 0 aliphatic rings. The van der Waals surface area contributed by atoms with E-state index in [4.69, 9.17) is 0 Å². The van der Waals surface area contributed by atoms with Crippen molar-refractivity contribution in [2.24, 2.45) is 0 Å². The lowest BCUT2D eigenvalue weighted by Gasteiger charge is -2.08. The summed E-state index contributed by atoms with van der Waals surface area (Å²) in [6, 6.07) is 16.6. The number of rotatable bonds is 1. The highest BCUT2D eigenvalue weighted by molar-refractivity contribution is 6.09. The van der Waals surface area contributed by atoms with Gasteiger partial charge in [0.15, 0.2) is 0 Å². The third kappa shape index (κ3) is 1.23. The summed E-state index contributed by atoms with van der Waals surface area (Å²) in [4.78, 5) is 4.61. The van der Waals surface area contributed by atoms with Crippen molar-refractivity contribution in [2.45, 2.75) is 0 Å². The lowest BCUT2D eigenvalue weighted by molar-refractivity contribution is 1.37. The molecule has 78 valence electrons. The minimum atomic E-state index is 0.939. The van der Waals surface area contributed by atoms with E-state index < -0.39 is 0 Å². The van der Waals surface area contributed by atoms with Gasteiger partial charge in [-0.05, 0) is 11.5 Å². The molecule has 3 rings (SSSR count). The fourth-order valence-corrected chi connectivity index (χ4v) is 2.09. The zero-order valence-electron chi connectivity index (χ0n) is 9.07. The number of hydrogen-bond donors (Lipinski definition) is 1. The molecule has 0 bridgehead atoms. The molecule has 0 spiro atoms. The topological polar surface area (TPSA) is 24.9 Å². The lowest BCUT2D eigenvalue weighted by atomic mass is 10.1. The van der Waals surface area contributed by atoms with Gasteiger partial charge >= 0.3 is 0 Å². The maximum atomic E-state index is 4.61. The molecular formula is C14H12N2. The van der Waals surface area contributed by atoms with Gasteiger partial charge in [-0.1, -0.05) is 42.5 Å². The summed E-state index contributed by atoms with van der Waals surface area (Å²) < 4.78 is 0. The molecule has 2 aromatic carbocycles. The Labute approximate surface area is 93.9 Å². The molecule has 16 heavy (non-hydrogen) atoms. The number of hydrogen-bond acceptors (Lipinski definition) is 2. The van der Waals surface area contributed by atoms with Crippen molar-refractivity contribution in [3.8, 4) is 0 Å². The molecule has 0 atom stereocenters. The molecule has 0 aliphatic heterocycles. The molecule has 1 N–H and O–H groups in total. The SMILES string of the molecule is CNc1nc2ccccc2c2ccccc12. The highest BCUT2D eigenvalue weighted by atomic mass is 15.0. The predicted octanol–water partition coefficient (Wildman–Crippen LogP) is 3.43. The van der Waals surface area contributed by atoms with Crippen molar-refractivity contribution in [3.05, 3.63) is 48.5 Å². The van der Waals surface area contributed by atoms with Crippen LogP contribution in [0.15, 0.2) is 48.5 Å². The Balaban J connectivity index is 2.57. The van der Waals surface area contributed by atoms with E-state index in [2.05, 4.69) is 40.6 Å². The van der Waals surface area contributed by atoms with Crippen LogP contribution in [0.2, 0.25) is 0 Å². The lowest BCUT2D eigenvalue weighted by Crippen LogP contribution is -1.94. The quantitative estimate of drug-likeness (QED) is 0.620. The minimum Gasteiger partial charge on any atom is -0.373 e. The summed E-state index contributed by atoms with van der Waals surface area (Å²) in [7, 11) is 1.91. The number of pyridine rings is 1. The van der Waals surface area contributed by atoms with Crippen LogP contribution >= 0.6 is 0 Å². The van der Waals surface area contributed by atoms with Gasteiger partial charge in [0.05, 0.1) is 5.52 Å². The molecule has 3 aromatic rings. The molecule has 0 unspecified atom stereocenters. The van der Waals surface area contributed by atoms with Crippen LogP contribution in [-0.4, -0.2) is 12.0 Å². The third-order valence-electron chi connectivity index (χ3n) is 2.85. The Hall–Kier alpha value is -2.09. The summed E-state index contributed by atoms with van der Waals surface area (Å²) in [5, 5.41) is 6.77. The van der Waals surface area contributed by atoms with Crippen molar-refractivity contribution in [1.82, 2.24) is 4.98 Å². The number of nitrogens with one attached hydrogen (secondary N) is 1. The zero-order chi connectivity index (χ0) is 11.0. The first kappa shape index (κ1) is 9.16. The van der Waals surface area contributed by atoms with E-state index in [1.165, 1.54) is 16.2 Å². The molecule has 0 radical (unpaired) electrons. The van der Waals surface area contributed by atoms with Crippen molar-refractivity contribution >= 4 is 27.5 Å². The molecular weight excluding hydrogens is 196 g/mol. The molecule has 2 heteroatoms. The van der Waals surface area contributed by atoms with E-state index in [1.807, 2.05) is 25.2 Å². The van der Waals surface area contributed by atoms with Crippen LogP contribution < -0.4 is 5.32 Å². The molecule has 0 fully saturated rings. The Morgan fingerprint density at radius 2 is 1.44 bits per heavy atom. The van der Waals surface area contributed by atoms with Gasteiger partial charge in [-0.15, -0.1) is 0 Å². The number of fused-ring (bicyclic) bond motifs is 3. The zero-order valence-corrected chi connectivity index (χ0v) is 9.07. The van der Waals surface area contributed by atoms with Crippen molar-refractivity contribution in [1.29, 1.82) is 0 Å². The highest BCUT2D eigenvalue weighted by Crippen LogP contribution is 2.28. The predicted molar refractivity (Wildman–Crippen MR) is 68.8 cm³/mol. The molecule has 0 amide bonds. The largest absolute Gasteiger partial charge is 0.373 e. The number of aromatic nitrogens is 1. The molecule has 0 aliphatic carbocycles. The standard InChI is InChI=1S/C14H12N2/c1-15-14-12-8-3-2-6-10(12)11-7-4-5-9-13(11)16-14/h2-9H,1H3,(H,15,16). The maximum absolute atomic E-state index is 4.61. The first-order valence-electron chi connectivity index (χ1n) is 5.35. The monoisotopic (exact) mass is 208 g/mol. The second-order valence-electron chi connectivity index (χ2n) is 3.77. The summed E-state index contributed by atoms with van der Waals surface area (Å²) in [5.74, 6) is 0.939. The Morgan fingerprint density at radius 1 is 0.812 bits per heavy atom. The van der Waals surface area contributed by atoms with E-state index in [1.54, 1.807) is 0 Å². The van der Waals surface area contributed by atoms with E-state index in [9.17, 15) is 0 Å². The van der Waals surface area contributed by atoms with Gasteiger partial charge in [-0.25, -0.2) is 4.98 Å². The van der Waals surface area contributed by atoms with Crippen LogP contribution in [-0.2, 0) is 0 Å². The first-order valence-corrected chi connectivity index (χ1v) is 5.35. The fourth-order valence-electron chi connectivity index (χ4n) is 2.09. The molecule has 0 saturated carbocycles. The van der Waals surface area contributed by atoms with E-state index in [-0.39, 0.29) is 0 Å². The average Bonchev–Trinajstić information content (AvgIpc) is 2.38. The Morgan fingerprint density at radius 3 is 2.19 bits per heavy atom. The second kappa shape index (κ2) is 3.49. The van der Waals surface area contributed by atoms with Crippen LogP contribution in [0.4, 0.5) is 5.82 Å². The van der Waals surface area contributed by atoms with Crippen LogP contribution in [0, 0.1) is 0 Å². The normalized spacial score (nSPS) is 10.8. The van der Waals surface area contributed by atoms with Gasteiger partial charge < -0.3 is 5.32 Å². The summed E-state index contributed by atoms with van der Waals surface area (Å²) >= 11 is 0. The minimum absolute atomic E-state index is 0.939. The van der Waals surface area contributed by atoms with Crippen molar-refractivity contribution in [2.75, 3.05) is 12.4 Å². The van der Waals surface area contributed by atoms with Crippen molar-refractivity contribution < 1.29 is 0 Å². The smallest absolute Gasteiger partial charge is 0.134 e. The average molecular weight is 208 g/mol. The molecule has 2 nitrogen and oxygen atoms in total. The van der Waals surface area contributed by atoms with Gasteiger partial charge in [-0.3, -0.25) is 0 Å². The van der Waals surface area contributed by atoms with Gasteiger partial charge in [0, 0.05) is 17.8 Å². The van der Waals surface area contributed by atoms with Crippen LogP contribution in [0.5, 0.6) is 0 Å². The van der Waals surface area contributed by atoms with Gasteiger partial charge in [0.2, 0.25) is 0 Å².